The van der Waals surface area contributed by atoms with Crippen molar-refractivity contribution in [3.8, 4) is 0 Å². The van der Waals surface area contributed by atoms with Crippen LogP contribution in [0.25, 0.3) is 0 Å². The van der Waals surface area contributed by atoms with Gasteiger partial charge in [0.1, 0.15) is 24.4 Å². The molecule has 0 aromatic heterocycles. The highest BCUT2D eigenvalue weighted by Gasteiger charge is 2.48. The Morgan fingerprint density at radius 3 is 2.00 bits per heavy atom. The first-order valence-electron chi connectivity index (χ1n) is 11.1. The second-order valence-electron chi connectivity index (χ2n) is 8.04. The van der Waals surface area contributed by atoms with Gasteiger partial charge in [-0.1, -0.05) is 97.1 Å². The van der Waals surface area contributed by atoms with Crippen LogP contribution in [0.3, 0.4) is 0 Å². The van der Waals surface area contributed by atoms with Crippen molar-refractivity contribution in [3.05, 3.63) is 120 Å². The maximum atomic E-state index is 11.1. The van der Waals surface area contributed by atoms with Crippen molar-refractivity contribution < 1.29 is 19.3 Å². The molecule has 0 unspecified atom stereocenters. The Morgan fingerprint density at radius 2 is 1.41 bits per heavy atom. The monoisotopic (exact) mass is 430 g/mol. The van der Waals surface area contributed by atoms with E-state index in [1.165, 1.54) is 0 Å². The molecule has 1 saturated heterocycles. The predicted molar refractivity (Wildman–Crippen MR) is 125 cm³/mol. The molecule has 0 spiro atoms. The third-order valence-corrected chi connectivity index (χ3v) is 5.76. The van der Waals surface area contributed by atoms with Crippen LogP contribution in [0.15, 0.2) is 104 Å². The third-order valence-electron chi connectivity index (χ3n) is 5.76. The van der Waals surface area contributed by atoms with Crippen LogP contribution in [0, 0.1) is 0 Å². The van der Waals surface area contributed by atoms with Gasteiger partial charge in [-0.3, -0.25) is 0 Å². The molecule has 5 atom stereocenters. The molecule has 1 fully saturated rings. The third kappa shape index (κ3) is 5.53. The highest BCUT2D eigenvalue weighted by atomic mass is 16.6. The van der Waals surface area contributed by atoms with E-state index < -0.39 is 18.3 Å². The van der Waals surface area contributed by atoms with Gasteiger partial charge in [-0.15, -0.1) is 6.58 Å². The lowest BCUT2D eigenvalue weighted by Gasteiger charge is -2.29. The van der Waals surface area contributed by atoms with Gasteiger partial charge in [-0.05, 0) is 23.1 Å². The van der Waals surface area contributed by atoms with E-state index in [0.717, 1.165) is 16.7 Å². The topological polar surface area (TPSA) is 47.9 Å². The van der Waals surface area contributed by atoms with Crippen molar-refractivity contribution in [3.63, 3.8) is 0 Å². The lowest BCUT2D eigenvalue weighted by Crippen LogP contribution is -2.38. The Hall–Kier alpha value is -2.76. The lowest BCUT2D eigenvalue weighted by atomic mass is 9.97. The molecule has 4 rings (SSSR count). The Bertz CT molecular complexity index is 945. The van der Waals surface area contributed by atoms with Crippen molar-refractivity contribution in [2.45, 2.75) is 50.2 Å². The zero-order chi connectivity index (χ0) is 22.2. The summed E-state index contributed by atoms with van der Waals surface area (Å²) >= 11 is 0. The molecular formula is C28H30O4. The summed E-state index contributed by atoms with van der Waals surface area (Å²) in [7, 11) is 0. The zero-order valence-corrected chi connectivity index (χ0v) is 18.1. The standard InChI is InChI=1S/C28H30O4/c1-2-12-24-25(29)27(31-20-22-15-8-4-9-16-22)28(32-24)26(23-17-10-5-11-18-23)30-19-21-13-6-3-7-14-21/h2-11,13-18,24-29H,1,12,19-20H2/t24-,25+,26-,27+,28-/m1/s1. The average molecular weight is 431 g/mol. The van der Waals surface area contributed by atoms with E-state index in [1.54, 1.807) is 6.08 Å². The average Bonchev–Trinajstić information content (AvgIpc) is 3.15. The normalized spacial score (nSPS) is 23.7. The van der Waals surface area contributed by atoms with E-state index in [-0.39, 0.29) is 12.2 Å². The van der Waals surface area contributed by atoms with Gasteiger partial charge in [0.25, 0.3) is 0 Å². The zero-order valence-electron chi connectivity index (χ0n) is 18.1. The summed E-state index contributed by atoms with van der Waals surface area (Å²) in [5.74, 6) is 0. The minimum Gasteiger partial charge on any atom is -0.388 e. The summed E-state index contributed by atoms with van der Waals surface area (Å²) in [6.45, 7) is 4.65. The fraction of sp³-hybridized carbons (Fsp3) is 0.286. The van der Waals surface area contributed by atoms with Gasteiger partial charge in [-0.2, -0.15) is 0 Å². The Morgan fingerprint density at radius 1 is 0.844 bits per heavy atom. The molecule has 0 aliphatic carbocycles. The SMILES string of the molecule is C=CC[C@H]1O[C@H]([C@H](OCc2ccccc2)c2ccccc2)[C@@H](OCc2ccccc2)[C@H]1O. The maximum absolute atomic E-state index is 11.1. The van der Waals surface area contributed by atoms with Crippen LogP contribution in [0.5, 0.6) is 0 Å². The maximum Gasteiger partial charge on any atom is 0.117 e. The van der Waals surface area contributed by atoms with Crippen molar-refractivity contribution in [2.75, 3.05) is 0 Å². The molecule has 32 heavy (non-hydrogen) atoms. The molecular weight excluding hydrogens is 400 g/mol. The van der Waals surface area contributed by atoms with E-state index in [9.17, 15) is 5.11 Å². The minimum atomic E-state index is -0.770. The number of hydrogen-bond donors (Lipinski definition) is 1. The molecule has 1 heterocycles. The van der Waals surface area contributed by atoms with Gasteiger partial charge in [-0.25, -0.2) is 0 Å². The van der Waals surface area contributed by atoms with Crippen molar-refractivity contribution in [1.82, 2.24) is 0 Å². The first kappa shape index (κ1) is 22.4. The van der Waals surface area contributed by atoms with Crippen LogP contribution in [0.2, 0.25) is 0 Å². The highest BCUT2D eigenvalue weighted by Crippen LogP contribution is 2.37. The number of ether oxygens (including phenoxy) is 3. The van der Waals surface area contributed by atoms with Crippen LogP contribution in [0.1, 0.15) is 29.2 Å². The van der Waals surface area contributed by atoms with Gasteiger partial charge in [0.2, 0.25) is 0 Å². The molecule has 1 aliphatic rings. The summed E-state index contributed by atoms with van der Waals surface area (Å²) in [5.41, 5.74) is 3.12. The molecule has 0 bridgehead atoms. The summed E-state index contributed by atoms with van der Waals surface area (Å²) in [5, 5.41) is 11.1. The molecule has 3 aromatic carbocycles. The smallest absolute Gasteiger partial charge is 0.117 e. The molecule has 166 valence electrons. The molecule has 3 aromatic rings. The number of rotatable bonds is 10. The lowest BCUT2D eigenvalue weighted by molar-refractivity contribution is -0.119. The number of aliphatic hydroxyl groups excluding tert-OH is 1. The van der Waals surface area contributed by atoms with E-state index in [0.29, 0.717) is 19.6 Å². The molecule has 0 radical (unpaired) electrons. The van der Waals surface area contributed by atoms with Gasteiger partial charge in [0, 0.05) is 0 Å². The Labute approximate surface area is 190 Å². The number of benzene rings is 3. The number of hydrogen-bond acceptors (Lipinski definition) is 4. The molecule has 4 heteroatoms. The Balaban J connectivity index is 1.58. The van der Waals surface area contributed by atoms with Crippen molar-refractivity contribution in [2.24, 2.45) is 0 Å². The summed E-state index contributed by atoms with van der Waals surface area (Å²) in [6.07, 6.45) is -0.207. The largest absolute Gasteiger partial charge is 0.388 e. The predicted octanol–water partition coefficient (Wildman–Crippen LogP) is 5.23. The fourth-order valence-corrected chi connectivity index (χ4v) is 4.11. The van der Waals surface area contributed by atoms with E-state index in [1.807, 2.05) is 91.0 Å². The molecule has 4 nitrogen and oxygen atoms in total. The first-order chi connectivity index (χ1) is 15.8. The summed E-state index contributed by atoms with van der Waals surface area (Å²) in [4.78, 5) is 0. The van der Waals surface area contributed by atoms with Gasteiger partial charge < -0.3 is 19.3 Å². The second-order valence-corrected chi connectivity index (χ2v) is 8.04. The van der Waals surface area contributed by atoms with E-state index in [4.69, 9.17) is 14.2 Å². The highest BCUT2D eigenvalue weighted by molar-refractivity contribution is 5.21. The van der Waals surface area contributed by atoms with Crippen molar-refractivity contribution in [1.29, 1.82) is 0 Å². The fourth-order valence-electron chi connectivity index (χ4n) is 4.11. The van der Waals surface area contributed by atoms with Crippen LogP contribution < -0.4 is 0 Å². The quantitative estimate of drug-likeness (QED) is 0.447. The van der Waals surface area contributed by atoms with Crippen molar-refractivity contribution >= 4 is 0 Å². The van der Waals surface area contributed by atoms with Crippen LogP contribution in [0.4, 0.5) is 0 Å². The van der Waals surface area contributed by atoms with E-state index >= 15 is 0 Å². The van der Waals surface area contributed by atoms with E-state index in [2.05, 4.69) is 6.58 Å². The van der Waals surface area contributed by atoms with Gasteiger partial charge in [0.05, 0.1) is 19.3 Å². The van der Waals surface area contributed by atoms with Crippen LogP contribution in [-0.2, 0) is 27.4 Å². The second kappa shape index (κ2) is 11.2. The first-order valence-corrected chi connectivity index (χ1v) is 11.1. The van der Waals surface area contributed by atoms with Gasteiger partial charge >= 0.3 is 0 Å². The van der Waals surface area contributed by atoms with Gasteiger partial charge in [0.15, 0.2) is 0 Å². The summed E-state index contributed by atoms with van der Waals surface area (Å²) in [6, 6.07) is 30.0. The van der Waals surface area contributed by atoms with Crippen LogP contribution >= 0.6 is 0 Å². The summed E-state index contributed by atoms with van der Waals surface area (Å²) < 4.78 is 19.0. The molecule has 1 aliphatic heterocycles. The molecule has 0 saturated carbocycles. The van der Waals surface area contributed by atoms with Crippen LogP contribution in [-0.4, -0.2) is 29.5 Å². The molecule has 0 amide bonds. The molecule has 1 N–H and O–H groups in total. The minimum absolute atomic E-state index is 0.384. The number of aliphatic hydroxyl groups is 1. The Kier molecular flexibility index (Phi) is 7.86.